The molecule has 0 aliphatic heterocycles. The van der Waals surface area contributed by atoms with Gasteiger partial charge in [-0.15, -0.1) is 0 Å². The van der Waals surface area contributed by atoms with Gasteiger partial charge in [-0.25, -0.2) is 8.42 Å². The average molecular weight is 676 g/mol. The number of carbonyl (C=O) groups excluding carboxylic acids is 2. The lowest BCUT2D eigenvalue weighted by molar-refractivity contribution is -0.140. The number of benzene rings is 4. The lowest BCUT2D eigenvalue weighted by Crippen LogP contribution is -2.53. The number of halogens is 1. The first-order valence-electron chi connectivity index (χ1n) is 15.6. The third-order valence-electron chi connectivity index (χ3n) is 7.92. The van der Waals surface area contributed by atoms with Crippen molar-refractivity contribution in [3.8, 4) is 5.75 Å². The third kappa shape index (κ3) is 9.36. The van der Waals surface area contributed by atoms with Crippen LogP contribution in [-0.2, 0) is 32.6 Å². The van der Waals surface area contributed by atoms with Crippen molar-refractivity contribution in [3.05, 3.63) is 124 Å². The molecule has 0 spiro atoms. The molecule has 0 bridgehead atoms. The Kier molecular flexibility index (Phi) is 12.4. The van der Waals surface area contributed by atoms with Gasteiger partial charge < -0.3 is 15.0 Å². The monoisotopic (exact) mass is 675 g/mol. The number of carbonyl (C=O) groups is 2. The first-order valence-corrected chi connectivity index (χ1v) is 17.4. The summed E-state index contributed by atoms with van der Waals surface area (Å²) in [5.41, 5.74) is 3.38. The Morgan fingerprint density at radius 3 is 2.28 bits per heavy atom. The zero-order valence-electron chi connectivity index (χ0n) is 27.3. The number of amides is 2. The first kappa shape index (κ1) is 35.5. The molecule has 0 aliphatic carbocycles. The Labute approximate surface area is 283 Å². The van der Waals surface area contributed by atoms with E-state index in [1.165, 1.54) is 17.0 Å². The van der Waals surface area contributed by atoms with Gasteiger partial charge >= 0.3 is 0 Å². The molecular weight excluding hydrogens is 634 g/mol. The van der Waals surface area contributed by atoms with Crippen molar-refractivity contribution in [1.82, 2.24) is 10.2 Å². The van der Waals surface area contributed by atoms with E-state index < -0.39 is 28.5 Å². The maximum atomic E-state index is 14.7. The van der Waals surface area contributed by atoms with Crippen molar-refractivity contribution in [2.45, 2.75) is 57.5 Å². The Balaban J connectivity index is 1.83. The van der Waals surface area contributed by atoms with Gasteiger partial charge in [-0.2, -0.15) is 0 Å². The highest BCUT2D eigenvalue weighted by molar-refractivity contribution is 7.92. The largest absolute Gasteiger partial charge is 0.497 e. The number of nitrogens with one attached hydrogen (secondary N) is 1. The fourth-order valence-corrected chi connectivity index (χ4v) is 6.87. The molecule has 47 heavy (non-hydrogen) atoms. The number of aryl methyl sites for hydroxylation is 2. The Morgan fingerprint density at radius 2 is 1.60 bits per heavy atom. The predicted octanol–water partition coefficient (Wildman–Crippen LogP) is 6.72. The molecule has 4 aromatic carbocycles. The van der Waals surface area contributed by atoms with E-state index in [1.807, 2.05) is 56.3 Å². The van der Waals surface area contributed by atoms with E-state index in [0.717, 1.165) is 33.8 Å². The van der Waals surface area contributed by atoms with Gasteiger partial charge in [-0.05, 0) is 73.4 Å². The first-order chi connectivity index (χ1) is 22.5. The van der Waals surface area contributed by atoms with Crippen LogP contribution in [0, 0.1) is 13.8 Å². The lowest BCUT2D eigenvalue weighted by Gasteiger charge is -2.34. The summed E-state index contributed by atoms with van der Waals surface area (Å²) in [5.74, 6) is -0.264. The molecule has 0 aromatic heterocycles. The van der Waals surface area contributed by atoms with Crippen molar-refractivity contribution < 1.29 is 22.7 Å². The normalized spacial score (nSPS) is 11.9. The topological polar surface area (TPSA) is 96.0 Å². The highest BCUT2D eigenvalue weighted by Gasteiger charge is 2.35. The number of sulfonamides is 1. The SMILES string of the molecule is CCCCNC(=O)[C@@H](Cc1ccccc1)N(Cc1cccc(OC)c1)C(=O)CN(c1cc(Cl)ccc1C)S(=O)(=O)c1ccc(C)cc1. The molecule has 248 valence electrons. The predicted molar refractivity (Wildman–Crippen MR) is 187 cm³/mol. The van der Waals surface area contributed by atoms with Gasteiger partial charge in [0.2, 0.25) is 11.8 Å². The lowest BCUT2D eigenvalue weighted by atomic mass is 10.0. The molecule has 0 fully saturated rings. The number of rotatable bonds is 15. The highest BCUT2D eigenvalue weighted by atomic mass is 35.5. The molecule has 0 saturated heterocycles. The zero-order chi connectivity index (χ0) is 34.0. The summed E-state index contributed by atoms with van der Waals surface area (Å²) in [5, 5.41) is 3.33. The van der Waals surface area contributed by atoms with E-state index >= 15 is 0 Å². The fourth-order valence-electron chi connectivity index (χ4n) is 5.23. The molecule has 0 saturated carbocycles. The van der Waals surface area contributed by atoms with Gasteiger partial charge in [0.05, 0.1) is 17.7 Å². The minimum atomic E-state index is -4.24. The number of anilines is 1. The Morgan fingerprint density at radius 1 is 0.894 bits per heavy atom. The number of methoxy groups -OCH3 is 1. The number of nitrogens with zero attached hydrogens (tertiary/aromatic N) is 2. The molecular formula is C37H42ClN3O5S. The standard InChI is InChI=1S/C37H42ClN3O5S/c1-5-6-21-39-37(43)35(23-29-11-8-7-9-12-29)40(25-30-13-10-14-32(22-30)46-4)36(42)26-41(34-24-31(38)18-17-28(34)3)47(44,45)33-19-15-27(2)16-20-33/h7-20,22,24,35H,5-6,21,23,25-26H2,1-4H3,(H,39,43)/t35-/m1/s1. The van der Waals surface area contributed by atoms with Gasteiger partial charge in [0.15, 0.2) is 0 Å². The Bertz CT molecular complexity index is 1760. The molecule has 0 heterocycles. The average Bonchev–Trinajstić information content (AvgIpc) is 3.07. The molecule has 8 nitrogen and oxygen atoms in total. The Hall–Kier alpha value is -4.34. The number of ether oxygens (including phenoxy) is 1. The van der Waals surface area contributed by atoms with Crippen molar-refractivity contribution in [2.75, 3.05) is 24.5 Å². The van der Waals surface area contributed by atoms with Crippen molar-refractivity contribution in [2.24, 2.45) is 0 Å². The van der Waals surface area contributed by atoms with Crippen LogP contribution in [0.3, 0.4) is 0 Å². The second-order valence-corrected chi connectivity index (χ2v) is 13.8. The van der Waals surface area contributed by atoms with Gasteiger partial charge in [0.1, 0.15) is 18.3 Å². The summed E-state index contributed by atoms with van der Waals surface area (Å²) in [6, 6.07) is 27.2. The van der Waals surface area contributed by atoms with Crippen molar-refractivity contribution >= 4 is 39.1 Å². The fraction of sp³-hybridized carbons (Fsp3) is 0.297. The molecule has 0 unspecified atom stereocenters. The van der Waals surface area contributed by atoms with E-state index in [9.17, 15) is 18.0 Å². The van der Waals surface area contributed by atoms with Crippen LogP contribution in [0.2, 0.25) is 5.02 Å². The minimum Gasteiger partial charge on any atom is -0.497 e. The molecule has 0 radical (unpaired) electrons. The molecule has 2 amide bonds. The summed E-state index contributed by atoms with van der Waals surface area (Å²) in [6.45, 7) is 5.61. The van der Waals surface area contributed by atoms with Crippen LogP contribution in [0.25, 0.3) is 0 Å². The van der Waals surface area contributed by atoms with Crippen LogP contribution < -0.4 is 14.4 Å². The molecule has 4 aromatic rings. The number of hydrogen-bond donors (Lipinski definition) is 1. The maximum absolute atomic E-state index is 14.7. The maximum Gasteiger partial charge on any atom is 0.264 e. The van der Waals surface area contributed by atoms with Crippen LogP contribution in [0.1, 0.15) is 42.0 Å². The summed E-state index contributed by atoms with van der Waals surface area (Å²) >= 11 is 6.37. The molecule has 4 rings (SSSR count). The molecule has 1 N–H and O–H groups in total. The molecule has 0 aliphatic rings. The zero-order valence-corrected chi connectivity index (χ0v) is 28.9. The minimum absolute atomic E-state index is 0.0350. The van der Waals surface area contributed by atoms with E-state index in [4.69, 9.17) is 16.3 Å². The van der Waals surface area contributed by atoms with E-state index in [-0.39, 0.29) is 29.5 Å². The van der Waals surface area contributed by atoms with Crippen LogP contribution in [0.5, 0.6) is 5.75 Å². The van der Waals surface area contributed by atoms with Crippen molar-refractivity contribution in [3.63, 3.8) is 0 Å². The second-order valence-electron chi connectivity index (χ2n) is 11.5. The number of hydrogen-bond acceptors (Lipinski definition) is 5. The summed E-state index contributed by atoms with van der Waals surface area (Å²) in [7, 11) is -2.68. The van der Waals surface area contributed by atoms with Crippen molar-refractivity contribution in [1.29, 1.82) is 0 Å². The van der Waals surface area contributed by atoms with Crippen LogP contribution >= 0.6 is 11.6 Å². The van der Waals surface area contributed by atoms with Crippen LogP contribution in [0.15, 0.2) is 102 Å². The second kappa shape index (κ2) is 16.5. The van der Waals surface area contributed by atoms with Gasteiger partial charge in [0, 0.05) is 24.5 Å². The van der Waals surface area contributed by atoms with Gasteiger partial charge in [-0.1, -0.05) is 91.2 Å². The molecule has 10 heteroatoms. The quantitative estimate of drug-likeness (QED) is 0.141. The van der Waals surface area contributed by atoms with E-state index in [0.29, 0.717) is 22.9 Å². The van der Waals surface area contributed by atoms with Crippen LogP contribution in [0.4, 0.5) is 5.69 Å². The number of unbranched alkanes of at least 4 members (excludes halogenated alkanes) is 1. The summed E-state index contributed by atoms with van der Waals surface area (Å²) in [4.78, 5) is 30.1. The molecule has 1 atom stereocenters. The van der Waals surface area contributed by atoms with E-state index in [2.05, 4.69) is 5.32 Å². The van der Waals surface area contributed by atoms with Crippen LogP contribution in [-0.4, -0.2) is 51.4 Å². The third-order valence-corrected chi connectivity index (χ3v) is 9.92. The smallest absolute Gasteiger partial charge is 0.264 e. The highest BCUT2D eigenvalue weighted by Crippen LogP contribution is 2.30. The van der Waals surface area contributed by atoms with Gasteiger partial charge in [0.25, 0.3) is 10.0 Å². The van der Waals surface area contributed by atoms with E-state index in [1.54, 1.807) is 56.5 Å². The summed E-state index contributed by atoms with van der Waals surface area (Å²) < 4.78 is 35.1. The van der Waals surface area contributed by atoms with Gasteiger partial charge in [-0.3, -0.25) is 13.9 Å². The summed E-state index contributed by atoms with van der Waals surface area (Å²) in [6.07, 6.45) is 1.90.